The number of nitrogens with zero attached hydrogens (tertiary/aromatic N) is 2. The molecule has 1 aliphatic heterocycles. The number of hydrogen-bond acceptors (Lipinski definition) is 7. The SMILES string of the molecule is COc1cc(C=C2C(=O)NC(=O)N(c3cccc(C)c3C)C2=O)c([N+](=O)[O-])cc1OCCC(C)C. The Labute approximate surface area is 202 Å². The van der Waals surface area contributed by atoms with E-state index >= 15 is 0 Å². The fourth-order valence-electron chi connectivity index (χ4n) is 3.53. The van der Waals surface area contributed by atoms with E-state index in [0.29, 0.717) is 23.8 Å². The second kappa shape index (κ2) is 10.4. The third kappa shape index (κ3) is 5.32. The second-order valence-corrected chi connectivity index (χ2v) is 8.53. The van der Waals surface area contributed by atoms with Crippen LogP contribution in [-0.4, -0.2) is 36.5 Å². The smallest absolute Gasteiger partial charge is 0.335 e. The molecule has 10 heteroatoms. The van der Waals surface area contributed by atoms with Gasteiger partial charge in [-0.15, -0.1) is 0 Å². The Balaban J connectivity index is 2.08. The van der Waals surface area contributed by atoms with Crippen molar-refractivity contribution in [2.75, 3.05) is 18.6 Å². The van der Waals surface area contributed by atoms with Gasteiger partial charge in [-0.25, -0.2) is 9.69 Å². The summed E-state index contributed by atoms with van der Waals surface area (Å²) in [6.45, 7) is 7.96. The van der Waals surface area contributed by atoms with Crippen molar-refractivity contribution >= 4 is 35.3 Å². The van der Waals surface area contributed by atoms with Gasteiger partial charge >= 0.3 is 6.03 Å². The number of nitro groups is 1. The summed E-state index contributed by atoms with van der Waals surface area (Å²) in [5, 5.41) is 13.9. The van der Waals surface area contributed by atoms with Crippen molar-refractivity contribution < 1.29 is 28.8 Å². The molecule has 1 fully saturated rings. The van der Waals surface area contributed by atoms with E-state index in [1.54, 1.807) is 19.1 Å². The molecular weight excluding hydrogens is 454 g/mol. The average Bonchev–Trinajstić information content (AvgIpc) is 2.79. The van der Waals surface area contributed by atoms with Gasteiger partial charge in [0.1, 0.15) is 5.57 Å². The molecule has 0 spiro atoms. The number of nitro benzene ring substituents is 1. The Kier molecular flexibility index (Phi) is 7.53. The number of carbonyl (C=O) groups is 3. The molecule has 0 unspecified atom stereocenters. The molecule has 1 aliphatic rings. The third-order valence-corrected chi connectivity index (χ3v) is 5.68. The van der Waals surface area contributed by atoms with E-state index in [-0.39, 0.29) is 22.7 Å². The van der Waals surface area contributed by atoms with Gasteiger partial charge in [-0.05, 0) is 55.5 Å². The van der Waals surface area contributed by atoms with Crippen molar-refractivity contribution in [1.29, 1.82) is 0 Å². The summed E-state index contributed by atoms with van der Waals surface area (Å²) < 4.78 is 11.0. The molecule has 1 saturated heterocycles. The number of anilines is 1. The number of aryl methyl sites for hydroxylation is 1. The molecule has 1 heterocycles. The normalized spacial score (nSPS) is 15.0. The summed E-state index contributed by atoms with van der Waals surface area (Å²) in [5.74, 6) is -1.09. The lowest BCUT2D eigenvalue weighted by Gasteiger charge is -2.28. The molecule has 10 nitrogen and oxygen atoms in total. The molecular formula is C25H27N3O7. The predicted octanol–water partition coefficient (Wildman–Crippen LogP) is 4.31. The Morgan fingerprint density at radius 1 is 1.14 bits per heavy atom. The van der Waals surface area contributed by atoms with Crippen LogP contribution in [0.3, 0.4) is 0 Å². The van der Waals surface area contributed by atoms with Crippen molar-refractivity contribution in [3.8, 4) is 11.5 Å². The highest BCUT2D eigenvalue weighted by Gasteiger charge is 2.38. The number of ether oxygens (including phenoxy) is 2. The monoisotopic (exact) mass is 481 g/mol. The van der Waals surface area contributed by atoms with E-state index in [1.165, 1.54) is 19.2 Å². The van der Waals surface area contributed by atoms with Crippen LogP contribution in [-0.2, 0) is 9.59 Å². The molecule has 35 heavy (non-hydrogen) atoms. The minimum Gasteiger partial charge on any atom is -0.493 e. The van der Waals surface area contributed by atoms with Gasteiger partial charge in [0, 0.05) is 0 Å². The number of carbonyl (C=O) groups excluding carboxylic acids is 3. The number of imide groups is 2. The maximum Gasteiger partial charge on any atom is 0.335 e. The Bertz CT molecular complexity index is 1230. The first-order valence-electron chi connectivity index (χ1n) is 11.0. The van der Waals surface area contributed by atoms with Gasteiger partial charge < -0.3 is 9.47 Å². The number of urea groups is 1. The number of hydrogen-bond donors (Lipinski definition) is 1. The Hall–Kier alpha value is -4.21. The van der Waals surface area contributed by atoms with Crippen LogP contribution in [0.25, 0.3) is 6.08 Å². The highest BCUT2D eigenvalue weighted by Crippen LogP contribution is 2.37. The fraction of sp³-hybridized carbons (Fsp3) is 0.320. The largest absolute Gasteiger partial charge is 0.493 e. The van der Waals surface area contributed by atoms with Crippen LogP contribution in [0.5, 0.6) is 11.5 Å². The molecule has 2 aromatic rings. The summed E-state index contributed by atoms with van der Waals surface area (Å²) >= 11 is 0. The lowest BCUT2D eigenvalue weighted by atomic mass is 10.0. The molecule has 0 radical (unpaired) electrons. The number of amides is 4. The van der Waals surface area contributed by atoms with Crippen molar-refractivity contribution in [2.24, 2.45) is 5.92 Å². The maximum absolute atomic E-state index is 13.3. The first-order chi connectivity index (χ1) is 16.5. The summed E-state index contributed by atoms with van der Waals surface area (Å²) in [4.78, 5) is 50.4. The van der Waals surface area contributed by atoms with E-state index in [2.05, 4.69) is 5.32 Å². The first-order valence-corrected chi connectivity index (χ1v) is 11.0. The minimum absolute atomic E-state index is 0.0446. The van der Waals surface area contributed by atoms with E-state index in [9.17, 15) is 24.5 Å². The zero-order valence-electron chi connectivity index (χ0n) is 20.2. The van der Waals surface area contributed by atoms with Crippen LogP contribution in [0, 0.1) is 29.9 Å². The zero-order chi connectivity index (χ0) is 25.9. The quantitative estimate of drug-likeness (QED) is 0.257. The van der Waals surface area contributed by atoms with Crippen LogP contribution in [0.4, 0.5) is 16.2 Å². The van der Waals surface area contributed by atoms with E-state index in [0.717, 1.165) is 23.0 Å². The van der Waals surface area contributed by atoms with Gasteiger partial charge in [0.05, 0.1) is 36.0 Å². The number of rotatable bonds is 8. The summed E-state index contributed by atoms with van der Waals surface area (Å²) in [7, 11) is 1.38. The molecule has 0 saturated carbocycles. The predicted molar refractivity (Wildman–Crippen MR) is 130 cm³/mol. The minimum atomic E-state index is -0.952. The number of barbiturate groups is 1. The Morgan fingerprint density at radius 2 is 1.86 bits per heavy atom. The number of methoxy groups -OCH3 is 1. The average molecular weight is 482 g/mol. The standard InChI is InChI=1S/C25H27N3O7/c1-14(2)9-10-35-22-13-20(28(32)33)17(12-21(22)34-5)11-18-23(29)26-25(31)27(24(18)30)19-8-6-7-15(3)16(19)4/h6-8,11-14H,9-10H2,1-5H3,(H,26,29,31). The highest BCUT2D eigenvalue weighted by molar-refractivity contribution is 6.39. The molecule has 0 aromatic heterocycles. The van der Waals surface area contributed by atoms with Crippen LogP contribution in [0.15, 0.2) is 35.9 Å². The molecule has 0 bridgehead atoms. The van der Waals surface area contributed by atoms with Gasteiger partial charge in [0.2, 0.25) is 0 Å². The lowest BCUT2D eigenvalue weighted by Crippen LogP contribution is -2.54. The van der Waals surface area contributed by atoms with Crippen molar-refractivity contribution in [3.63, 3.8) is 0 Å². The molecule has 3 rings (SSSR count). The molecule has 0 aliphatic carbocycles. The summed E-state index contributed by atoms with van der Waals surface area (Å²) in [6.07, 6.45) is 1.82. The van der Waals surface area contributed by atoms with Crippen molar-refractivity contribution in [3.05, 3.63) is 62.7 Å². The van der Waals surface area contributed by atoms with Gasteiger partial charge in [0.15, 0.2) is 11.5 Å². The number of nitrogens with one attached hydrogen (secondary N) is 1. The molecule has 2 aromatic carbocycles. The van der Waals surface area contributed by atoms with Crippen LogP contribution in [0.1, 0.15) is 37.0 Å². The molecule has 184 valence electrons. The third-order valence-electron chi connectivity index (χ3n) is 5.68. The lowest BCUT2D eigenvalue weighted by molar-refractivity contribution is -0.385. The van der Waals surface area contributed by atoms with Gasteiger partial charge in [-0.1, -0.05) is 26.0 Å². The van der Waals surface area contributed by atoms with Gasteiger partial charge in [-0.2, -0.15) is 0 Å². The van der Waals surface area contributed by atoms with Gasteiger partial charge in [0.25, 0.3) is 17.5 Å². The van der Waals surface area contributed by atoms with Crippen molar-refractivity contribution in [2.45, 2.75) is 34.1 Å². The van der Waals surface area contributed by atoms with Gasteiger partial charge in [-0.3, -0.25) is 25.0 Å². The van der Waals surface area contributed by atoms with E-state index in [1.807, 2.05) is 26.8 Å². The molecule has 4 amide bonds. The second-order valence-electron chi connectivity index (χ2n) is 8.53. The zero-order valence-corrected chi connectivity index (χ0v) is 20.2. The summed E-state index contributed by atoms with van der Waals surface area (Å²) in [5.41, 5.74) is 0.987. The van der Waals surface area contributed by atoms with Crippen LogP contribution < -0.4 is 19.7 Å². The topological polar surface area (TPSA) is 128 Å². The van der Waals surface area contributed by atoms with Crippen LogP contribution in [0.2, 0.25) is 0 Å². The summed E-state index contributed by atoms with van der Waals surface area (Å²) in [6, 6.07) is 6.73. The van der Waals surface area contributed by atoms with Crippen LogP contribution >= 0.6 is 0 Å². The number of benzene rings is 2. The maximum atomic E-state index is 13.3. The van der Waals surface area contributed by atoms with E-state index < -0.39 is 28.3 Å². The fourth-order valence-corrected chi connectivity index (χ4v) is 3.53. The molecule has 1 N–H and O–H groups in total. The molecule has 0 atom stereocenters. The van der Waals surface area contributed by atoms with Crippen molar-refractivity contribution in [1.82, 2.24) is 5.32 Å². The highest BCUT2D eigenvalue weighted by atomic mass is 16.6. The first kappa shape index (κ1) is 25.4. The van der Waals surface area contributed by atoms with E-state index in [4.69, 9.17) is 9.47 Å². The Morgan fingerprint density at radius 3 is 2.49 bits per heavy atom.